The lowest BCUT2D eigenvalue weighted by Gasteiger charge is -2.17. The molecule has 2 aromatic carbocycles. The Labute approximate surface area is 162 Å². The van der Waals surface area contributed by atoms with E-state index in [9.17, 15) is 19.2 Å². The fourth-order valence-electron chi connectivity index (χ4n) is 3.12. The number of aryl methyl sites for hydroxylation is 2. The smallest absolute Gasteiger partial charge is 0.324 e. The Morgan fingerprint density at radius 1 is 0.929 bits per heavy atom. The fraction of sp³-hybridized carbons (Fsp3) is 0.238. The van der Waals surface area contributed by atoms with Crippen molar-refractivity contribution in [3.63, 3.8) is 0 Å². The zero-order valence-corrected chi connectivity index (χ0v) is 15.8. The van der Waals surface area contributed by atoms with Crippen molar-refractivity contribution in [1.82, 2.24) is 9.80 Å². The Morgan fingerprint density at radius 3 is 2.29 bits per heavy atom. The number of nitrogens with zero attached hydrogens (tertiary/aromatic N) is 2. The van der Waals surface area contributed by atoms with Crippen molar-refractivity contribution in [3.05, 3.63) is 65.2 Å². The highest BCUT2D eigenvalue weighted by Crippen LogP contribution is 2.22. The lowest BCUT2D eigenvalue weighted by atomic mass is 10.1. The number of amides is 5. The van der Waals surface area contributed by atoms with Crippen molar-refractivity contribution in [2.75, 3.05) is 11.9 Å². The first-order chi connectivity index (χ1) is 13.4. The van der Waals surface area contributed by atoms with E-state index < -0.39 is 30.3 Å². The van der Waals surface area contributed by atoms with Crippen molar-refractivity contribution in [1.29, 1.82) is 0 Å². The van der Waals surface area contributed by atoms with Crippen molar-refractivity contribution < 1.29 is 19.2 Å². The summed E-state index contributed by atoms with van der Waals surface area (Å²) >= 11 is 0. The maximum absolute atomic E-state index is 12.5. The summed E-state index contributed by atoms with van der Waals surface area (Å²) in [5.41, 5.74) is 3.22. The van der Waals surface area contributed by atoms with Crippen LogP contribution in [0.4, 0.5) is 10.5 Å². The van der Waals surface area contributed by atoms with Crippen LogP contribution in [0, 0.1) is 6.92 Å². The van der Waals surface area contributed by atoms with Crippen LogP contribution in [0.25, 0.3) is 0 Å². The van der Waals surface area contributed by atoms with Gasteiger partial charge in [0.2, 0.25) is 5.91 Å². The van der Waals surface area contributed by atoms with E-state index in [1.165, 1.54) is 0 Å². The van der Waals surface area contributed by atoms with E-state index in [2.05, 4.69) is 5.32 Å². The van der Waals surface area contributed by atoms with Gasteiger partial charge in [-0.3, -0.25) is 19.3 Å². The Balaban J connectivity index is 1.72. The van der Waals surface area contributed by atoms with Crippen LogP contribution >= 0.6 is 0 Å². The standard InChI is InChI=1S/C21H21N3O4/c1-3-16-11-7-8-14(2)18(16)22-17(25)13-24-20(27)19(26)23(21(24)28)12-15-9-5-4-6-10-15/h4-11H,3,12-13H2,1-2H3,(H,22,25). The quantitative estimate of drug-likeness (QED) is 0.617. The van der Waals surface area contributed by atoms with E-state index in [4.69, 9.17) is 0 Å². The summed E-state index contributed by atoms with van der Waals surface area (Å²) in [6, 6.07) is 13.8. The SMILES string of the molecule is CCc1cccc(C)c1NC(=O)CN1C(=O)C(=O)N(Cc2ccccc2)C1=O. The molecule has 5 amide bonds. The molecular formula is C21H21N3O4. The Hall–Kier alpha value is -3.48. The number of hydrogen-bond donors (Lipinski definition) is 1. The zero-order chi connectivity index (χ0) is 20.3. The van der Waals surface area contributed by atoms with Gasteiger partial charge >= 0.3 is 17.8 Å². The number of nitrogens with one attached hydrogen (secondary N) is 1. The van der Waals surface area contributed by atoms with Crippen LogP contribution in [0.3, 0.4) is 0 Å². The minimum Gasteiger partial charge on any atom is -0.324 e. The van der Waals surface area contributed by atoms with E-state index in [-0.39, 0.29) is 6.54 Å². The maximum atomic E-state index is 12.5. The summed E-state index contributed by atoms with van der Waals surface area (Å²) in [4.78, 5) is 51.0. The number of anilines is 1. The summed E-state index contributed by atoms with van der Waals surface area (Å²) in [5.74, 6) is -2.44. The van der Waals surface area contributed by atoms with Gasteiger partial charge in [0.1, 0.15) is 6.54 Å². The van der Waals surface area contributed by atoms with Crippen molar-refractivity contribution >= 4 is 29.4 Å². The first-order valence-electron chi connectivity index (χ1n) is 9.02. The molecule has 0 aromatic heterocycles. The summed E-state index contributed by atoms with van der Waals surface area (Å²) < 4.78 is 0. The number of urea groups is 1. The van der Waals surface area contributed by atoms with E-state index in [1.54, 1.807) is 24.3 Å². The number of benzene rings is 2. The average Bonchev–Trinajstić information content (AvgIpc) is 2.88. The Bertz CT molecular complexity index is 940. The number of hydrogen-bond acceptors (Lipinski definition) is 4. The largest absolute Gasteiger partial charge is 0.335 e. The molecule has 0 bridgehead atoms. The molecule has 7 nitrogen and oxygen atoms in total. The molecule has 0 atom stereocenters. The van der Waals surface area contributed by atoms with Gasteiger partial charge in [0.25, 0.3) is 0 Å². The van der Waals surface area contributed by atoms with Crippen LogP contribution in [0.5, 0.6) is 0 Å². The summed E-state index contributed by atoms with van der Waals surface area (Å²) in [7, 11) is 0. The van der Waals surface area contributed by atoms with Crippen molar-refractivity contribution in [3.8, 4) is 0 Å². The van der Waals surface area contributed by atoms with Crippen LogP contribution < -0.4 is 5.32 Å². The van der Waals surface area contributed by atoms with Crippen molar-refractivity contribution in [2.45, 2.75) is 26.8 Å². The molecule has 0 saturated carbocycles. The summed E-state index contributed by atoms with van der Waals surface area (Å²) in [5, 5.41) is 2.76. The molecule has 1 saturated heterocycles. The van der Waals surface area contributed by atoms with Gasteiger partial charge < -0.3 is 5.32 Å². The second-order valence-electron chi connectivity index (χ2n) is 6.56. The van der Waals surface area contributed by atoms with Gasteiger partial charge in [-0.1, -0.05) is 55.5 Å². The molecular weight excluding hydrogens is 358 g/mol. The first kappa shape index (κ1) is 19.3. The van der Waals surface area contributed by atoms with Gasteiger partial charge in [-0.2, -0.15) is 0 Å². The number of imide groups is 2. The number of carbonyl (C=O) groups excluding carboxylic acids is 4. The molecule has 2 aromatic rings. The highest BCUT2D eigenvalue weighted by atomic mass is 16.2. The Morgan fingerprint density at radius 2 is 1.61 bits per heavy atom. The fourth-order valence-corrected chi connectivity index (χ4v) is 3.12. The molecule has 0 radical (unpaired) electrons. The maximum Gasteiger partial charge on any atom is 0.335 e. The normalized spacial score (nSPS) is 14.0. The zero-order valence-electron chi connectivity index (χ0n) is 15.8. The molecule has 1 aliphatic heterocycles. The van der Waals surface area contributed by atoms with E-state index in [0.29, 0.717) is 10.6 Å². The lowest BCUT2D eigenvalue weighted by molar-refractivity contribution is -0.143. The highest BCUT2D eigenvalue weighted by Gasteiger charge is 2.45. The van der Waals surface area contributed by atoms with Gasteiger partial charge in [0.15, 0.2) is 0 Å². The van der Waals surface area contributed by atoms with Crippen molar-refractivity contribution in [2.24, 2.45) is 0 Å². The van der Waals surface area contributed by atoms with Crippen LogP contribution in [-0.4, -0.2) is 40.1 Å². The van der Waals surface area contributed by atoms with Gasteiger partial charge in [-0.05, 0) is 30.0 Å². The van der Waals surface area contributed by atoms with E-state index >= 15 is 0 Å². The summed E-state index contributed by atoms with van der Waals surface area (Å²) in [6.45, 7) is 3.32. The predicted octanol–water partition coefficient (Wildman–Crippen LogP) is 2.49. The number of rotatable bonds is 6. The molecule has 1 heterocycles. The Kier molecular flexibility index (Phi) is 5.54. The molecule has 0 spiro atoms. The van der Waals surface area contributed by atoms with Crippen LogP contribution in [0.15, 0.2) is 48.5 Å². The molecule has 144 valence electrons. The van der Waals surface area contributed by atoms with Crippen LogP contribution in [-0.2, 0) is 27.3 Å². The first-order valence-corrected chi connectivity index (χ1v) is 9.02. The minimum absolute atomic E-state index is 0.0137. The van der Waals surface area contributed by atoms with E-state index in [1.807, 2.05) is 38.1 Å². The third-order valence-electron chi connectivity index (χ3n) is 4.62. The topological polar surface area (TPSA) is 86.8 Å². The molecule has 7 heteroatoms. The second kappa shape index (κ2) is 8.04. The average molecular weight is 379 g/mol. The molecule has 3 rings (SSSR count). The molecule has 1 N–H and O–H groups in total. The van der Waals surface area contributed by atoms with E-state index in [0.717, 1.165) is 28.0 Å². The van der Waals surface area contributed by atoms with Gasteiger partial charge in [0.05, 0.1) is 6.54 Å². The number of carbonyl (C=O) groups is 4. The van der Waals surface area contributed by atoms with Crippen LogP contribution in [0.2, 0.25) is 0 Å². The second-order valence-corrected chi connectivity index (χ2v) is 6.56. The van der Waals surface area contributed by atoms with Gasteiger partial charge in [-0.25, -0.2) is 9.69 Å². The molecule has 28 heavy (non-hydrogen) atoms. The number of para-hydroxylation sites is 1. The third-order valence-corrected chi connectivity index (χ3v) is 4.62. The monoisotopic (exact) mass is 379 g/mol. The molecule has 1 aliphatic rings. The lowest BCUT2D eigenvalue weighted by Crippen LogP contribution is -2.39. The third kappa shape index (κ3) is 3.78. The predicted molar refractivity (Wildman–Crippen MR) is 103 cm³/mol. The van der Waals surface area contributed by atoms with Gasteiger partial charge in [0, 0.05) is 5.69 Å². The van der Waals surface area contributed by atoms with Gasteiger partial charge in [-0.15, -0.1) is 0 Å². The molecule has 0 aliphatic carbocycles. The molecule has 0 unspecified atom stereocenters. The molecule has 1 fully saturated rings. The summed E-state index contributed by atoms with van der Waals surface area (Å²) in [6.07, 6.45) is 0.724. The highest BCUT2D eigenvalue weighted by molar-refractivity contribution is 6.45. The van der Waals surface area contributed by atoms with Crippen LogP contribution in [0.1, 0.15) is 23.6 Å². The minimum atomic E-state index is -0.989.